The highest BCUT2D eigenvalue weighted by Crippen LogP contribution is 2.42. The number of halogens is 2. The molecule has 0 spiro atoms. The van der Waals surface area contributed by atoms with Crippen molar-refractivity contribution in [2.75, 3.05) is 19.0 Å². The molecule has 7 nitrogen and oxygen atoms in total. The molecule has 156 valence electrons. The third-order valence-electron chi connectivity index (χ3n) is 4.67. The van der Waals surface area contributed by atoms with Crippen LogP contribution in [-0.2, 0) is 14.6 Å². The fraction of sp³-hybridized carbons (Fsp3) is 0.500. The molecule has 0 heterocycles. The maximum Gasteiger partial charge on any atom is 0.319 e. The largest absolute Gasteiger partial charge is 0.504 e. The third kappa shape index (κ3) is 4.74. The van der Waals surface area contributed by atoms with Crippen LogP contribution in [0.5, 0.6) is 5.75 Å². The number of ether oxygens (including phenoxy) is 1. The molecule has 1 aliphatic rings. The number of sulfone groups is 1. The molecule has 0 saturated carbocycles. The third-order valence-corrected chi connectivity index (χ3v) is 8.12. The van der Waals surface area contributed by atoms with Crippen molar-refractivity contribution < 1.29 is 23.1 Å². The van der Waals surface area contributed by atoms with Crippen molar-refractivity contribution >= 4 is 44.8 Å². The van der Waals surface area contributed by atoms with E-state index >= 15 is 0 Å². The Hall–Kier alpha value is -1.48. The molecule has 1 unspecified atom stereocenters. The summed E-state index contributed by atoms with van der Waals surface area (Å²) < 4.78 is 29.9. The topological polar surface area (TPSA) is 105 Å². The van der Waals surface area contributed by atoms with E-state index in [1.807, 2.05) is 6.08 Å². The zero-order valence-electron chi connectivity index (χ0n) is 15.9. The summed E-state index contributed by atoms with van der Waals surface area (Å²) in [7, 11) is -2.55. The zero-order valence-corrected chi connectivity index (χ0v) is 18.2. The van der Waals surface area contributed by atoms with Crippen LogP contribution in [0.3, 0.4) is 0 Å². The van der Waals surface area contributed by atoms with E-state index in [0.29, 0.717) is 11.5 Å². The van der Waals surface area contributed by atoms with Crippen molar-refractivity contribution in [3.63, 3.8) is 0 Å². The standard InChI is InChI=1S/C18H24Cl2N2O5S/c1-18(2,9-10-27-3)28(25,26)16-12(20)7-8-14(15(16)23)22-17(24)21-13-6-4-5-11(13)19/h5,7-8,13,23H,4,6,9-10H2,1-3H3,(H2,21,22,24). The minimum absolute atomic E-state index is 0.0684. The van der Waals surface area contributed by atoms with Gasteiger partial charge in [-0.2, -0.15) is 0 Å². The molecule has 2 rings (SSSR count). The maximum absolute atomic E-state index is 13.1. The Morgan fingerprint density at radius 1 is 1.36 bits per heavy atom. The van der Waals surface area contributed by atoms with E-state index in [2.05, 4.69) is 10.6 Å². The summed E-state index contributed by atoms with van der Waals surface area (Å²) in [6.07, 6.45) is 3.45. The molecular formula is C18H24Cl2N2O5S. The number of hydrogen-bond donors (Lipinski definition) is 3. The van der Waals surface area contributed by atoms with Crippen LogP contribution in [0.25, 0.3) is 0 Å². The van der Waals surface area contributed by atoms with Gasteiger partial charge in [-0.1, -0.05) is 29.3 Å². The number of hydrogen-bond acceptors (Lipinski definition) is 5. The van der Waals surface area contributed by atoms with E-state index in [4.69, 9.17) is 27.9 Å². The van der Waals surface area contributed by atoms with Gasteiger partial charge in [0, 0.05) is 18.7 Å². The molecule has 0 radical (unpaired) electrons. The Labute approximate surface area is 175 Å². The van der Waals surface area contributed by atoms with Gasteiger partial charge in [-0.15, -0.1) is 0 Å². The molecule has 3 N–H and O–H groups in total. The first-order valence-corrected chi connectivity index (χ1v) is 10.9. The number of rotatable bonds is 7. The van der Waals surface area contributed by atoms with E-state index in [9.17, 15) is 18.3 Å². The second kappa shape index (κ2) is 8.90. The lowest BCUT2D eigenvalue weighted by Crippen LogP contribution is -2.37. The number of allylic oxidation sites excluding steroid dienone is 1. The minimum atomic E-state index is -4.03. The molecule has 1 aromatic rings. The fourth-order valence-electron chi connectivity index (χ4n) is 2.79. The Kier molecular flexibility index (Phi) is 7.25. The van der Waals surface area contributed by atoms with Gasteiger partial charge in [0.25, 0.3) is 0 Å². The van der Waals surface area contributed by atoms with Crippen molar-refractivity contribution in [3.8, 4) is 5.75 Å². The van der Waals surface area contributed by atoms with Crippen molar-refractivity contribution in [1.29, 1.82) is 0 Å². The smallest absolute Gasteiger partial charge is 0.319 e. The van der Waals surface area contributed by atoms with Crippen LogP contribution in [0.4, 0.5) is 10.5 Å². The van der Waals surface area contributed by atoms with E-state index in [-0.39, 0.29) is 29.8 Å². The quantitative estimate of drug-likeness (QED) is 0.543. The Bertz CT molecular complexity index is 884. The van der Waals surface area contributed by atoms with Crippen LogP contribution >= 0.6 is 23.2 Å². The summed E-state index contributed by atoms with van der Waals surface area (Å²) in [4.78, 5) is 11.8. The van der Waals surface area contributed by atoms with Gasteiger partial charge in [-0.3, -0.25) is 0 Å². The van der Waals surface area contributed by atoms with Crippen LogP contribution in [0.2, 0.25) is 5.02 Å². The van der Waals surface area contributed by atoms with Gasteiger partial charge in [0.05, 0.1) is 21.5 Å². The normalized spacial score (nSPS) is 17.3. The number of carbonyl (C=O) groups is 1. The summed E-state index contributed by atoms with van der Waals surface area (Å²) in [5, 5.41) is 16.1. The lowest BCUT2D eigenvalue weighted by Gasteiger charge is -2.26. The van der Waals surface area contributed by atoms with E-state index in [1.165, 1.54) is 33.1 Å². The summed E-state index contributed by atoms with van der Waals surface area (Å²) in [5.74, 6) is -0.610. The predicted molar refractivity (Wildman–Crippen MR) is 110 cm³/mol. The number of phenols is 1. The summed E-state index contributed by atoms with van der Waals surface area (Å²) in [6, 6.07) is 1.73. The number of amides is 2. The molecule has 0 saturated heterocycles. The Morgan fingerprint density at radius 2 is 2.04 bits per heavy atom. The monoisotopic (exact) mass is 450 g/mol. The van der Waals surface area contributed by atoms with Gasteiger partial charge in [-0.05, 0) is 45.2 Å². The van der Waals surface area contributed by atoms with E-state index < -0.39 is 31.3 Å². The molecule has 0 aromatic heterocycles. The average Bonchev–Trinajstić information content (AvgIpc) is 3.00. The number of nitrogens with one attached hydrogen (secondary N) is 2. The Balaban J connectivity index is 2.30. The van der Waals surface area contributed by atoms with Gasteiger partial charge < -0.3 is 20.5 Å². The number of methoxy groups -OCH3 is 1. The lowest BCUT2D eigenvalue weighted by molar-refractivity contribution is 0.186. The SMILES string of the molecule is COCCC(C)(C)S(=O)(=O)c1c(Cl)ccc(NC(=O)NC2CCC=C2Cl)c1O. The highest BCUT2D eigenvalue weighted by molar-refractivity contribution is 7.93. The number of anilines is 1. The van der Waals surface area contributed by atoms with Gasteiger partial charge in [0.2, 0.25) is 0 Å². The fourth-order valence-corrected chi connectivity index (χ4v) is 5.11. The van der Waals surface area contributed by atoms with Crippen LogP contribution in [0.15, 0.2) is 28.1 Å². The van der Waals surface area contributed by atoms with E-state index in [1.54, 1.807) is 0 Å². The molecule has 1 aromatic carbocycles. The molecule has 10 heteroatoms. The van der Waals surface area contributed by atoms with Gasteiger partial charge in [-0.25, -0.2) is 13.2 Å². The minimum Gasteiger partial charge on any atom is -0.504 e. The van der Waals surface area contributed by atoms with Crippen LogP contribution in [-0.4, -0.2) is 44.1 Å². The average molecular weight is 451 g/mol. The van der Waals surface area contributed by atoms with Gasteiger partial charge in [0.1, 0.15) is 4.90 Å². The summed E-state index contributed by atoms with van der Waals surface area (Å²) >= 11 is 12.1. The lowest BCUT2D eigenvalue weighted by atomic mass is 10.1. The first-order valence-electron chi connectivity index (χ1n) is 8.69. The molecule has 0 bridgehead atoms. The number of aromatic hydroxyl groups is 1. The number of phenolic OH excluding ortho intramolecular Hbond substituents is 1. The van der Waals surface area contributed by atoms with Crippen molar-refractivity contribution in [1.82, 2.24) is 5.32 Å². The van der Waals surface area contributed by atoms with Gasteiger partial charge >= 0.3 is 6.03 Å². The van der Waals surface area contributed by atoms with E-state index in [0.717, 1.165) is 6.42 Å². The molecule has 28 heavy (non-hydrogen) atoms. The molecule has 0 fully saturated rings. The summed E-state index contributed by atoms with van der Waals surface area (Å²) in [6.45, 7) is 3.28. The van der Waals surface area contributed by atoms with Crippen LogP contribution < -0.4 is 10.6 Å². The van der Waals surface area contributed by atoms with Crippen molar-refractivity contribution in [2.24, 2.45) is 0 Å². The maximum atomic E-state index is 13.1. The molecule has 2 amide bonds. The van der Waals surface area contributed by atoms with Crippen LogP contribution in [0.1, 0.15) is 33.1 Å². The second-order valence-corrected chi connectivity index (χ2v) is 10.5. The van der Waals surface area contributed by atoms with Crippen molar-refractivity contribution in [3.05, 3.63) is 28.3 Å². The highest BCUT2D eigenvalue weighted by atomic mass is 35.5. The second-order valence-electron chi connectivity index (χ2n) is 7.10. The summed E-state index contributed by atoms with van der Waals surface area (Å²) in [5.41, 5.74) is -0.0684. The van der Waals surface area contributed by atoms with Gasteiger partial charge in [0.15, 0.2) is 15.6 Å². The van der Waals surface area contributed by atoms with Crippen molar-refractivity contribution in [2.45, 2.75) is 48.8 Å². The zero-order chi connectivity index (χ0) is 21.1. The number of benzene rings is 1. The first-order chi connectivity index (χ1) is 13.0. The van der Waals surface area contributed by atoms with Crippen LogP contribution in [0, 0.1) is 0 Å². The first kappa shape index (κ1) is 22.8. The highest BCUT2D eigenvalue weighted by Gasteiger charge is 2.39. The number of carbonyl (C=O) groups excluding carboxylic acids is 1. The predicted octanol–water partition coefficient (Wildman–Crippen LogP) is 4.04. The molecule has 1 aliphatic carbocycles. The Morgan fingerprint density at radius 3 is 2.61 bits per heavy atom. The molecule has 1 atom stereocenters. The number of urea groups is 1. The molecule has 0 aliphatic heterocycles. The molecular weight excluding hydrogens is 427 g/mol.